The third-order valence-corrected chi connectivity index (χ3v) is 5.26. The van der Waals surface area contributed by atoms with E-state index in [1.54, 1.807) is 12.1 Å². The third-order valence-electron chi connectivity index (χ3n) is 5.26. The van der Waals surface area contributed by atoms with Crippen LogP contribution in [0.1, 0.15) is 16.1 Å². The van der Waals surface area contributed by atoms with Crippen LogP contribution in [0.25, 0.3) is 5.52 Å². The van der Waals surface area contributed by atoms with Gasteiger partial charge in [0.1, 0.15) is 17.5 Å². The number of aromatic nitrogens is 3. The maximum absolute atomic E-state index is 12.9. The molecule has 4 rings (SSSR count). The first kappa shape index (κ1) is 18.5. The smallest absolute Gasteiger partial charge is 0.195 e. The molecule has 3 aromatic rings. The molecule has 0 amide bonds. The summed E-state index contributed by atoms with van der Waals surface area (Å²) in [5.41, 5.74) is 8.20. The minimum atomic E-state index is -0.0765. The molecule has 0 saturated carbocycles. The molecule has 1 atom stereocenters. The van der Waals surface area contributed by atoms with Crippen LogP contribution < -0.4 is 5.73 Å². The molecule has 0 spiro atoms. The van der Waals surface area contributed by atoms with E-state index >= 15 is 0 Å². The molecule has 1 aliphatic heterocycles. The number of anilines is 1. The van der Waals surface area contributed by atoms with Crippen molar-refractivity contribution < 1.29 is 9.90 Å². The van der Waals surface area contributed by atoms with Crippen molar-refractivity contribution in [2.24, 2.45) is 0 Å². The second kappa shape index (κ2) is 8.05. The van der Waals surface area contributed by atoms with E-state index in [0.29, 0.717) is 17.0 Å². The standard InChI is InChI=1S/C20H24N6O2/c21-20-18-7-6-17(26(18)23-14-22-20)19(28)12-25-9-8-24(11-16(25)13-27)10-15-4-2-1-3-5-15/h1-7,14,16,27H,8-13H2,(H2,21,22,23). The number of aliphatic hydroxyl groups is 1. The summed E-state index contributed by atoms with van der Waals surface area (Å²) in [4.78, 5) is 21.2. The topological polar surface area (TPSA) is 100.0 Å². The van der Waals surface area contributed by atoms with Gasteiger partial charge in [-0.3, -0.25) is 14.6 Å². The van der Waals surface area contributed by atoms with Gasteiger partial charge in [0.2, 0.25) is 0 Å². The van der Waals surface area contributed by atoms with Crippen molar-refractivity contribution in [2.45, 2.75) is 12.6 Å². The van der Waals surface area contributed by atoms with Crippen LogP contribution in [-0.2, 0) is 6.54 Å². The van der Waals surface area contributed by atoms with E-state index in [1.165, 1.54) is 16.4 Å². The van der Waals surface area contributed by atoms with Crippen molar-refractivity contribution in [3.8, 4) is 0 Å². The van der Waals surface area contributed by atoms with E-state index in [-0.39, 0.29) is 25.0 Å². The molecular weight excluding hydrogens is 356 g/mol. The third kappa shape index (κ3) is 3.75. The Balaban J connectivity index is 1.43. The Morgan fingerprint density at radius 3 is 2.79 bits per heavy atom. The van der Waals surface area contributed by atoms with Crippen molar-refractivity contribution in [1.82, 2.24) is 24.4 Å². The summed E-state index contributed by atoms with van der Waals surface area (Å²) in [6.07, 6.45) is 1.35. The number of carbonyl (C=O) groups excluding carboxylic acids is 1. The van der Waals surface area contributed by atoms with Crippen molar-refractivity contribution in [2.75, 3.05) is 38.5 Å². The van der Waals surface area contributed by atoms with Crippen LogP contribution in [0.2, 0.25) is 0 Å². The number of nitrogens with zero attached hydrogens (tertiary/aromatic N) is 5. The molecule has 1 unspecified atom stereocenters. The molecule has 28 heavy (non-hydrogen) atoms. The molecule has 0 aliphatic carbocycles. The number of aliphatic hydroxyl groups excluding tert-OH is 1. The maximum Gasteiger partial charge on any atom is 0.195 e. The number of ketones is 1. The number of Topliss-reactive ketones (excluding diaryl/α,β-unsaturated/α-hetero) is 1. The van der Waals surface area contributed by atoms with E-state index in [2.05, 4.69) is 27.1 Å². The van der Waals surface area contributed by atoms with Gasteiger partial charge in [-0.2, -0.15) is 5.10 Å². The van der Waals surface area contributed by atoms with Crippen molar-refractivity contribution in [3.63, 3.8) is 0 Å². The second-order valence-corrected chi connectivity index (χ2v) is 7.11. The number of nitrogens with two attached hydrogens (primary N) is 1. The van der Waals surface area contributed by atoms with Crippen molar-refractivity contribution >= 4 is 17.1 Å². The Kier molecular flexibility index (Phi) is 5.34. The molecule has 0 bridgehead atoms. The molecule has 3 heterocycles. The Labute approximate surface area is 163 Å². The number of rotatable bonds is 6. The SMILES string of the molecule is Nc1ncnn2c(C(=O)CN3CCN(Cc4ccccc4)CC3CO)ccc12. The van der Waals surface area contributed by atoms with Gasteiger partial charge < -0.3 is 10.8 Å². The average Bonchev–Trinajstić information content (AvgIpc) is 3.15. The normalized spacial score (nSPS) is 18.5. The number of nitrogen functional groups attached to an aromatic ring is 1. The van der Waals surface area contributed by atoms with Crippen LogP contribution in [-0.4, -0.2) is 74.1 Å². The first-order valence-electron chi connectivity index (χ1n) is 9.38. The van der Waals surface area contributed by atoms with E-state index in [1.807, 2.05) is 23.1 Å². The molecule has 8 nitrogen and oxygen atoms in total. The first-order valence-corrected chi connectivity index (χ1v) is 9.38. The minimum absolute atomic E-state index is 0.0165. The van der Waals surface area contributed by atoms with Gasteiger partial charge in [-0.05, 0) is 17.7 Å². The van der Waals surface area contributed by atoms with Crippen LogP contribution in [0.4, 0.5) is 5.82 Å². The van der Waals surface area contributed by atoms with E-state index in [0.717, 1.165) is 26.2 Å². The first-order chi connectivity index (χ1) is 13.7. The minimum Gasteiger partial charge on any atom is -0.395 e. The van der Waals surface area contributed by atoms with Gasteiger partial charge in [0, 0.05) is 32.2 Å². The number of fused-ring (bicyclic) bond motifs is 1. The zero-order valence-electron chi connectivity index (χ0n) is 15.6. The lowest BCUT2D eigenvalue weighted by atomic mass is 10.1. The van der Waals surface area contributed by atoms with E-state index in [4.69, 9.17) is 5.73 Å². The summed E-state index contributed by atoms with van der Waals surface area (Å²) in [7, 11) is 0. The summed E-state index contributed by atoms with van der Waals surface area (Å²) in [5.74, 6) is 0.296. The van der Waals surface area contributed by atoms with Gasteiger partial charge in [-0.25, -0.2) is 9.50 Å². The molecular formula is C20H24N6O2. The number of piperazine rings is 1. The molecule has 1 fully saturated rings. The number of hydrogen-bond donors (Lipinski definition) is 2. The lowest BCUT2D eigenvalue weighted by Crippen LogP contribution is -2.55. The maximum atomic E-state index is 12.9. The van der Waals surface area contributed by atoms with Gasteiger partial charge in [0.15, 0.2) is 11.6 Å². The number of hydrogen-bond acceptors (Lipinski definition) is 7. The molecule has 1 aliphatic rings. The van der Waals surface area contributed by atoms with Crippen LogP contribution in [0.3, 0.4) is 0 Å². The van der Waals surface area contributed by atoms with Gasteiger partial charge in [-0.1, -0.05) is 30.3 Å². The summed E-state index contributed by atoms with van der Waals surface area (Å²) >= 11 is 0. The highest BCUT2D eigenvalue weighted by molar-refractivity contribution is 5.97. The molecule has 0 radical (unpaired) electrons. The quantitative estimate of drug-likeness (QED) is 0.606. The van der Waals surface area contributed by atoms with Gasteiger partial charge in [0.05, 0.1) is 13.2 Å². The highest BCUT2D eigenvalue weighted by Gasteiger charge is 2.29. The molecule has 3 N–H and O–H groups in total. The Morgan fingerprint density at radius 2 is 2.00 bits per heavy atom. The highest BCUT2D eigenvalue weighted by Crippen LogP contribution is 2.17. The monoisotopic (exact) mass is 380 g/mol. The number of benzene rings is 1. The molecule has 2 aromatic heterocycles. The van der Waals surface area contributed by atoms with Crippen LogP contribution in [0.5, 0.6) is 0 Å². The fourth-order valence-electron chi connectivity index (χ4n) is 3.75. The second-order valence-electron chi connectivity index (χ2n) is 7.11. The van der Waals surface area contributed by atoms with Gasteiger partial charge >= 0.3 is 0 Å². The Bertz CT molecular complexity index is 958. The van der Waals surface area contributed by atoms with Crippen LogP contribution in [0.15, 0.2) is 48.8 Å². The molecule has 1 saturated heterocycles. The fraction of sp³-hybridized carbons (Fsp3) is 0.350. The van der Waals surface area contributed by atoms with Gasteiger partial charge in [0.25, 0.3) is 0 Å². The lowest BCUT2D eigenvalue weighted by Gasteiger charge is -2.40. The molecule has 146 valence electrons. The summed E-state index contributed by atoms with van der Waals surface area (Å²) in [6, 6.07) is 13.7. The lowest BCUT2D eigenvalue weighted by molar-refractivity contribution is 0.0355. The van der Waals surface area contributed by atoms with Crippen LogP contribution >= 0.6 is 0 Å². The van der Waals surface area contributed by atoms with Crippen LogP contribution in [0, 0.1) is 0 Å². The van der Waals surface area contributed by atoms with Crippen molar-refractivity contribution in [1.29, 1.82) is 0 Å². The predicted octanol–water partition coefficient (Wildman–Crippen LogP) is 0.673. The van der Waals surface area contributed by atoms with Gasteiger partial charge in [-0.15, -0.1) is 0 Å². The Morgan fingerprint density at radius 1 is 1.18 bits per heavy atom. The molecule has 1 aromatic carbocycles. The summed E-state index contributed by atoms with van der Waals surface area (Å²) in [5, 5.41) is 14.0. The fourth-order valence-corrected chi connectivity index (χ4v) is 3.75. The summed E-state index contributed by atoms with van der Waals surface area (Å²) < 4.78 is 1.53. The van der Waals surface area contributed by atoms with E-state index in [9.17, 15) is 9.90 Å². The largest absolute Gasteiger partial charge is 0.395 e. The highest BCUT2D eigenvalue weighted by atomic mass is 16.3. The van der Waals surface area contributed by atoms with Crippen molar-refractivity contribution in [3.05, 3.63) is 60.0 Å². The molecule has 8 heteroatoms. The average molecular weight is 380 g/mol. The number of carbonyl (C=O) groups is 1. The zero-order valence-corrected chi connectivity index (χ0v) is 15.6. The summed E-state index contributed by atoms with van der Waals surface area (Å²) in [6.45, 7) is 3.40. The predicted molar refractivity (Wildman–Crippen MR) is 106 cm³/mol. The Hall–Kier alpha value is -2.81. The zero-order chi connectivity index (χ0) is 19.5. The van der Waals surface area contributed by atoms with E-state index < -0.39 is 0 Å².